The first-order chi connectivity index (χ1) is 15.3. The Kier molecular flexibility index (Phi) is 6.19. The maximum Gasteiger partial charge on any atom is 0.253 e. The van der Waals surface area contributed by atoms with Gasteiger partial charge in [0.15, 0.2) is 0 Å². The number of hydrogen-bond donors (Lipinski definition) is 2. The van der Waals surface area contributed by atoms with Crippen LogP contribution in [0.3, 0.4) is 0 Å². The fourth-order valence-electron chi connectivity index (χ4n) is 4.41. The van der Waals surface area contributed by atoms with Gasteiger partial charge in [-0.2, -0.15) is 0 Å². The number of hydrogen-bond acceptors (Lipinski definition) is 4. The van der Waals surface area contributed by atoms with Gasteiger partial charge >= 0.3 is 0 Å². The summed E-state index contributed by atoms with van der Waals surface area (Å²) in [6.07, 6.45) is 0. The first-order valence-corrected chi connectivity index (χ1v) is 10.9. The SMILES string of the molecule is Cc1cc(C)c(CNC(=O)c2cc(C)n(-c3cccc(N4CCOCC4)c3)c2C)c(=O)[nH]1. The van der Waals surface area contributed by atoms with Crippen molar-refractivity contribution in [2.24, 2.45) is 0 Å². The number of ether oxygens (including phenoxy) is 1. The molecule has 1 aliphatic rings. The summed E-state index contributed by atoms with van der Waals surface area (Å²) in [5.41, 5.74) is 6.74. The van der Waals surface area contributed by atoms with Crippen molar-refractivity contribution in [1.29, 1.82) is 0 Å². The Hall–Kier alpha value is -3.32. The Labute approximate surface area is 188 Å². The lowest BCUT2D eigenvalue weighted by atomic mass is 10.1. The zero-order valence-corrected chi connectivity index (χ0v) is 19.1. The minimum Gasteiger partial charge on any atom is -0.378 e. The Morgan fingerprint density at radius 2 is 1.78 bits per heavy atom. The molecule has 7 nitrogen and oxygen atoms in total. The maximum absolute atomic E-state index is 13.0. The number of rotatable bonds is 5. The van der Waals surface area contributed by atoms with Gasteiger partial charge in [-0.3, -0.25) is 9.59 Å². The summed E-state index contributed by atoms with van der Waals surface area (Å²) in [4.78, 5) is 30.4. The van der Waals surface area contributed by atoms with Crippen molar-refractivity contribution in [3.63, 3.8) is 0 Å². The van der Waals surface area contributed by atoms with Crippen LogP contribution < -0.4 is 15.8 Å². The van der Waals surface area contributed by atoms with Gasteiger partial charge in [-0.25, -0.2) is 0 Å². The molecule has 0 atom stereocenters. The summed E-state index contributed by atoms with van der Waals surface area (Å²) in [5.74, 6) is -0.187. The summed E-state index contributed by atoms with van der Waals surface area (Å²) in [5, 5.41) is 2.92. The molecule has 0 aliphatic carbocycles. The second-order valence-electron chi connectivity index (χ2n) is 8.37. The zero-order chi connectivity index (χ0) is 22.8. The molecule has 168 valence electrons. The second-order valence-corrected chi connectivity index (χ2v) is 8.37. The van der Waals surface area contributed by atoms with Crippen LogP contribution in [0.4, 0.5) is 5.69 Å². The number of aryl methyl sites for hydroxylation is 3. The molecule has 0 bridgehead atoms. The van der Waals surface area contributed by atoms with E-state index in [9.17, 15) is 9.59 Å². The van der Waals surface area contributed by atoms with Gasteiger partial charge < -0.3 is 24.5 Å². The first-order valence-electron chi connectivity index (χ1n) is 10.9. The number of anilines is 1. The predicted octanol–water partition coefficient (Wildman–Crippen LogP) is 3.17. The van der Waals surface area contributed by atoms with E-state index >= 15 is 0 Å². The van der Waals surface area contributed by atoms with Gasteiger partial charge in [0.2, 0.25) is 0 Å². The van der Waals surface area contributed by atoms with Crippen molar-refractivity contribution >= 4 is 11.6 Å². The Balaban J connectivity index is 1.57. The van der Waals surface area contributed by atoms with Crippen LogP contribution in [0.1, 0.15) is 38.6 Å². The fraction of sp³-hybridized carbons (Fsp3) is 0.360. The van der Waals surface area contributed by atoms with Crippen LogP contribution in [0.5, 0.6) is 0 Å². The molecule has 2 aromatic heterocycles. The molecule has 1 saturated heterocycles. The number of carbonyl (C=O) groups excluding carboxylic acids is 1. The third-order valence-corrected chi connectivity index (χ3v) is 6.06. The van der Waals surface area contributed by atoms with Crippen LogP contribution >= 0.6 is 0 Å². The molecular formula is C25H30N4O3. The summed E-state index contributed by atoms with van der Waals surface area (Å²) >= 11 is 0. The van der Waals surface area contributed by atoms with E-state index in [0.717, 1.165) is 60.3 Å². The zero-order valence-electron chi connectivity index (χ0n) is 19.1. The lowest BCUT2D eigenvalue weighted by molar-refractivity contribution is 0.0950. The third-order valence-electron chi connectivity index (χ3n) is 6.06. The highest BCUT2D eigenvalue weighted by molar-refractivity contribution is 5.95. The molecule has 0 unspecified atom stereocenters. The molecule has 4 rings (SSSR count). The number of nitrogens with one attached hydrogen (secondary N) is 2. The summed E-state index contributed by atoms with van der Waals surface area (Å²) in [6.45, 7) is 11.1. The molecule has 0 radical (unpaired) electrons. The van der Waals surface area contributed by atoms with E-state index in [1.54, 1.807) is 0 Å². The highest BCUT2D eigenvalue weighted by Crippen LogP contribution is 2.25. The number of carbonyl (C=O) groups is 1. The quantitative estimate of drug-likeness (QED) is 0.647. The number of amides is 1. The molecule has 1 fully saturated rings. The number of benzene rings is 1. The number of aromatic nitrogens is 2. The van der Waals surface area contributed by atoms with Crippen LogP contribution in [-0.4, -0.2) is 41.8 Å². The van der Waals surface area contributed by atoms with Crippen molar-refractivity contribution < 1.29 is 9.53 Å². The number of pyridine rings is 1. The van der Waals surface area contributed by atoms with Crippen LogP contribution in [0.2, 0.25) is 0 Å². The topological polar surface area (TPSA) is 79.4 Å². The van der Waals surface area contributed by atoms with E-state index in [1.807, 2.05) is 45.9 Å². The van der Waals surface area contributed by atoms with Gasteiger partial charge in [0.1, 0.15) is 0 Å². The lowest BCUT2D eigenvalue weighted by Gasteiger charge is -2.29. The highest BCUT2D eigenvalue weighted by atomic mass is 16.5. The van der Waals surface area contributed by atoms with Gasteiger partial charge in [-0.15, -0.1) is 0 Å². The van der Waals surface area contributed by atoms with E-state index in [2.05, 4.69) is 38.0 Å². The summed E-state index contributed by atoms with van der Waals surface area (Å²) in [6, 6.07) is 12.2. The number of aromatic amines is 1. The van der Waals surface area contributed by atoms with Crippen LogP contribution in [-0.2, 0) is 11.3 Å². The largest absolute Gasteiger partial charge is 0.378 e. The van der Waals surface area contributed by atoms with Gasteiger partial charge in [-0.05, 0) is 63.6 Å². The lowest BCUT2D eigenvalue weighted by Crippen LogP contribution is -2.36. The molecule has 1 aromatic carbocycles. The highest BCUT2D eigenvalue weighted by Gasteiger charge is 2.18. The molecule has 7 heteroatoms. The standard InChI is InChI=1S/C25H30N4O3/c1-16-12-17(2)27-25(31)23(16)15-26-24(30)22-13-18(3)29(19(22)4)21-7-5-6-20(14-21)28-8-10-32-11-9-28/h5-7,12-14H,8-11,15H2,1-4H3,(H,26,30)(H,27,31). The van der Waals surface area contributed by atoms with E-state index in [4.69, 9.17) is 4.74 Å². The second kappa shape index (κ2) is 9.04. The number of H-pyrrole nitrogens is 1. The van der Waals surface area contributed by atoms with Crippen molar-refractivity contribution in [3.8, 4) is 5.69 Å². The third kappa shape index (κ3) is 4.34. The first kappa shape index (κ1) is 21.9. The monoisotopic (exact) mass is 434 g/mol. The fourth-order valence-corrected chi connectivity index (χ4v) is 4.41. The average molecular weight is 435 g/mol. The Morgan fingerprint density at radius 3 is 2.50 bits per heavy atom. The minimum atomic E-state index is -0.187. The predicted molar refractivity (Wildman–Crippen MR) is 126 cm³/mol. The molecule has 1 aliphatic heterocycles. The van der Waals surface area contributed by atoms with Crippen LogP contribution in [0.15, 0.2) is 41.2 Å². The van der Waals surface area contributed by atoms with Gasteiger partial charge in [0.05, 0.1) is 18.8 Å². The van der Waals surface area contributed by atoms with Crippen LogP contribution in [0.25, 0.3) is 5.69 Å². The molecule has 0 spiro atoms. The van der Waals surface area contributed by atoms with E-state index in [-0.39, 0.29) is 18.0 Å². The normalized spacial score (nSPS) is 13.9. The smallest absolute Gasteiger partial charge is 0.253 e. The van der Waals surface area contributed by atoms with E-state index < -0.39 is 0 Å². The van der Waals surface area contributed by atoms with Crippen molar-refractivity contribution in [1.82, 2.24) is 14.9 Å². The van der Waals surface area contributed by atoms with Crippen LogP contribution in [0, 0.1) is 27.7 Å². The number of nitrogens with zero attached hydrogens (tertiary/aromatic N) is 2. The van der Waals surface area contributed by atoms with Gasteiger partial charge in [0, 0.05) is 53.7 Å². The van der Waals surface area contributed by atoms with Crippen molar-refractivity contribution in [3.05, 3.63) is 80.5 Å². The molecule has 3 heterocycles. The van der Waals surface area contributed by atoms with Gasteiger partial charge in [-0.1, -0.05) is 6.07 Å². The molecule has 32 heavy (non-hydrogen) atoms. The Bertz CT molecular complexity index is 1200. The number of morpholine rings is 1. The van der Waals surface area contributed by atoms with Crippen molar-refractivity contribution in [2.75, 3.05) is 31.2 Å². The average Bonchev–Trinajstić information content (AvgIpc) is 3.07. The van der Waals surface area contributed by atoms with Crippen molar-refractivity contribution in [2.45, 2.75) is 34.2 Å². The molecule has 0 saturated carbocycles. The van der Waals surface area contributed by atoms with Gasteiger partial charge in [0.25, 0.3) is 11.5 Å². The summed E-state index contributed by atoms with van der Waals surface area (Å²) in [7, 11) is 0. The van der Waals surface area contributed by atoms with E-state index in [1.165, 1.54) is 0 Å². The molecule has 1 amide bonds. The minimum absolute atomic E-state index is 0.159. The molecule has 2 N–H and O–H groups in total. The Morgan fingerprint density at radius 1 is 1.06 bits per heavy atom. The maximum atomic E-state index is 13.0. The molecule has 3 aromatic rings. The molecular weight excluding hydrogens is 404 g/mol. The summed E-state index contributed by atoms with van der Waals surface area (Å²) < 4.78 is 7.57. The van der Waals surface area contributed by atoms with E-state index in [0.29, 0.717) is 11.1 Å².